The van der Waals surface area contributed by atoms with Gasteiger partial charge in [-0.3, -0.25) is 4.90 Å². The van der Waals surface area contributed by atoms with Gasteiger partial charge < -0.3 is 0 Å². The lowest BCUT2D eigenvalue weighted by molar-refractivity contribution is 0.226. The molecule has 1 aromatic heterocycles. The molecule has 1 aliphatic rings. The number of benzene rings is 2. The highest BCUT2D eigenvalue weighted by Crippen LogP contribution is 2.40. The number of urea groups is 1. The topological polar surface area (TPSA) is 57.7 Å². The van der Waals surface area contributed by atoms with Crippen molar-refractivity contribution >= 4 is 32.4 Å². The van der Waals surface area contributed by atoms with E-state index >= 15 is 0 Å². The molecule has 2 heterocycles. The van der Waals surface area contributed by atoms with Crippen LogP contribution in [-0.4, -0.2) is 18.8 Å². The Morgan fingerprint density at radius 1 is 0.808 bits per heavy atom. The van der Waals surface area contributed by atoms with Crippen molar-refractivity contribution in [1.82, 2.24) is 4.31 Å². The standard InChI is InChI=1S/C19H16N2O3S2/c22-19-20(13-15-7-3-1-4-8-15)18-17(11-12-25-18)26(23,24)21(19)14-16-9-5-2-6-10-16/h1-12H,13-14H2. The Balaban J connectivity index is 1.75. The molecule has 0 saturated heterocycles. The molecule has 0 N–H and O–H groups in total. The molecule has 26 heavy (non-hydrogen) atoms. The van der Waals surface area contributed by atoms with Crippen LogP contribution in [0.15, 0.2) is 77.0 Å². The Labute approximate surface area is 156 Å². The second-order valence-corrected chi connectivity index (χ2v) is 8.67. The summed E-state index contributed by atoms with van der Waals surface area (Å²) in [6, 6.07) is 19.7. The quantitative estimate of drug-likeness (QED) is 0.681. The molecule has 132 valence electrons. The van der Waals surface area contributed by atoms with Crippen LogP contribution in [0.1, 0.15) is 11.1 Å². The summed E-state index contributed by atoms with van der Waals surface area (Å²) >= 11 is 1.27. The highest BCUT2D eigenvalue weighted by Gasteiger charge is 2.42. The maximum atomic E-state index is 13.1. The van der Waals surface area contributed by atoms with E-state index in [1.165, 1.54) is 11.3 Å². The van der Waals surface area contributed by atoms with E-state index in [4.69, 9.17) is 0 Å². The number of hydrogen-bond acceptors (Lipinski definition) is 4. The van der Waals surface area contributed by atoms with E-state index in [9.17, 15) is 13.2 Å². The van der Waals surface area contributed by atoms with Gasteiger partial charge in [-0.05, 0) is 22.6 Å². The molecule has 0 bridgehead atoms. The monoisotopic (exact) mass is 384 g/mol. The fourth-order valence-electron chi connectivity index (χ4n) is 2.93. The predicted octanol–water partition coefficient (Wildman–Crippen LogP) is 4.08. The Morgan fingerprint density at radius 2 is 1.38 bits per heavy atom. The fraction of sp³-hybridized carbons (Fsp3) is 0.105. The zero-order valence-corrected chi connectivity index (χ0v) is 15.4. The van der Waals surface area contributed by atoms with Gasteiger partial charge in [-0.2, -0.15) is 0 Å². The van der Waals surface area contributed by atoms with E-state index < -0.39 is 16.1 Å². The van der Waals surface area contributed by atoms with Gasteiger partial charge in [0.2, 0.25) is 0 Å². The van der Waals surface area contributed by atoms with E-state index in [2.05, 4.69) is 0 Å². The van der Waals surface area contributed by atoms with Gasteiger partial charge in [0, 0.05) is 0 Å². The minimum Gasteiger partial charge on any atom is -0.279 e. The molecule has 3 aromatic rings. The molecule has 0 radical (unpaired) electrons. The first kappa shape index (κ1) is 16.8. The molecular formula is C19H16N2O3S2. The second-order valence-electron chi connectivity index (χ2n) is 5.94. The maximum absolute atomic E-state index is 13.1. The zero-order valence-electron chi connectivity index (χ0n) is 13.8. The number of rotatable bonds is 4. The van der Waals surface area contributed by atoms with Crippen molar-refractivity contribution in [1.29, 1.82) is 0 Å². The molecular weight excluding hydrogens is 368 g/mol. The zero-order chi connectivity index (χ0) is 18.1. The molecule has 5 nitrogen and oxygen atoms in total. The second kappa shape index (κ2) is 6.59. The first-order valence-electron chi connectivity index (χ1n) is 8.07. The van der Waals surface area contributed by atoms with Crippen molar-refractivity contribution in [3.05, 3.63) is 83.2 Å². The molecule has 4 rings (SSSR count). The molecule has 0 spiro atoms. The number of fused-ring (bicyclic) bond motifs is 1. The van der Waals surface area contributed by atoms with Crippen molar-refractivity contribution in [3.63, 3.8) is 0 Å². The van der Waals surface area contributed by atoms with Crippen molar-refractivity contribution < 1.29 is 13.2 Å². The number of hydrogen-bond donors (Lipinski definition) is 0. The van der Waals surface area contributed by atoms with Crippen LogP contribution in [0.3, 0.4) is 0 Å². The number of amides is 2. The lowest BCUT2D eigenvalue weighted by atomic mass is 10.2. The first-order valence-corrected chi connectivity index (χ1v) is 10.4. The molecule has 0 saturated carbocycles. The average molecular weight is 384 g/mol. The number of nitrogens with zero attached hydrogens (tertiary/aromatic N) is 2. The highest BCUT2D eigenvalue weighted by atomic mass is 32.2. The van der Waals surface area contributed by atoms with Gasteiger partial charge in [-0.15, -0.1) is 11.3 Å². The van der Waals surface area contributed by atoms with Crippen LogP contribution in [0.2, 0.25) is 0 Å². The molecule has 2 amide bonds. The SMILES string of the molecule is O=C1N(Cc2ccccc2)c2sccc2S(=O)(=O)N1Cc1ccccc1. The summed E-state index contributed by atoms with van der Waals surface area (Å²) < 4.78 is 26.9. The van der Waals surface area contributed by atoms with Gasteiger partial charge in [0.25, 0.3) is 10.0 Å². The number of carbonyl (C=O) groups is 1. The minimum atomic E-state index is -3.86. The maximum Gasteiger partial charge on any atom is 0.339 e. The predicted molar refractivity (Wildman–Crippen MR) is 102 cm³/mol. The molecule has 1 aliphatic heterocycles. The highest BCUT2D eigenvalue weighted by molar-refractivity contribution is 7.90. The summed E-state index contributed by atoms with van der Waals surface area (Å²) in [6.07, 6.45) is 0. The third kappa shape index (κ3) is 2.89. The first-order chi connectivity index (χ1) is 12.6. The Bertz CT molecular complexity index is 1030. The van der Waals surface area contributed by atoms with Gasteiger partial charge in [0.15, 0.2) is 0 Å². The van der Waals surface area contributed by atoms with E-state index in [0.717, 1.165) is 15.4 Å². The van der Waals surface area contributed by atoms with Crippen LogP contribution in [0.5, 0.6) is 0 Å². The Hall–Kier alpha value is -2.64. The van der Waals surface area contributed by atoms with Crippen LogP contribution in [0, 0.1) is 0 Å². The van der Waals surface area contributed by atoms with Gasteiger partial charge in [0.05, 0.1) is 13.1 Å². The molecule has 0 aliphatic carbocycles. The summed E-state index contributed by atoms with van der Waals surface area (Å²) in [5.41, 5.74) is 1.71. The Kier molecular flexibility index (Phi) is 4.26. The number of sulfonamides is 1. The lowest BCUT2D eigenvalue weighted by Gasteiger charge is -2.34. The van der Waals surface area contributed by atoms with E-state index in [-0.39, 0.29) is 11.4 Å². The summed E-state index contributed by atoms with van der Waals surface area (Å²) in [7, 11) is -3.86. The number of carbonyl (C=O) groups excluding carboxylic acids is 1. The molecule has 2 aromatic carbocycles. The third-order valence-corrected chi connectivity index (χ3v) is 7.04. The van der Waals surface area contributed by atoms with E-state index in [0.29, 0.717) is 11.5 Å². The third-order valence-electron chi connectivity index (χ3n) is 4.22. The van der Waals surface area contributed by atoms with Crippen LogP contribution in [0.4, 0.5) is 9.80 Å². The van der Waals surface area contributed by atoms with Crippen LogP contribution in [-0.2, 0) is 23.1 Å². The average Bonchev–Trinajstić information content (AvgIpc) is 3.15. The van der Waals surface area contributed by atoms with E-state index in [1.54, 1.807) is 16.3 Å². The van der Waals surface area contributed by atoms with Crippen LogP contribution in [0.25, 0.3) is 0 Å². The summed E-state index contributed by atoms with van der Waals surface area (Å²) in [4.78, 5) is 14.8. The summed E-state index contributed by atoms with van der Waals surface area (Å²) in [5, 5.41) is 2.18. The van der Waals surface area contributed by atoms with Crippen molar-refractivity contribution in [2.75, 3.05) is 4.90 Å². The molecule has 7 heteroatoms. The van der Waals surface area contributed by atoms with Gasteiger partial charge in [0.1, 0.15) is 9.90 Å². The summed E-state index contributed by atoms with van der Waals surface area (Å²) in [6.45, 7) is 0.344. The summed E-state index contributed by atoms with van der Waals surface area (Å²) in [5.74, 6) is 0. The molecule has 0 unspecified atom stereocenters. The lowest BCUT2D eigenvalue weighted by Crippen LogP contribution is -2.49. The number of anilines is 1. The van der Waals surface area contributed by atoms with Gasteiger partial charge >= 0.3 is 6.03 Å². The Morgan fingerprint density at radius 3 is 2.00 bits per heavy atom. The fourth-order valence-corrected chi connectivity index (χ4v) is 5.70. The number of thiophene rings is 1. The van der Waals surface area contributed by atoms with Crippen LogP contribution >= 0.6 is 11.3 Å². The smallest absolute Gasteiger partial charge is 0.279 e. The minimum absolute atomic E-state index is 0.0165. The van der Waals surface area contributed by atoms with Crippen LogP contribution < -0.4 is 4.90 Å². The van der Waals surface area contributed by atoms with Crippen molar-refractivity contribution in [3.8, 4) is 0 Å². The van der Waals surface area contributed by atoms with Crippen molar-refractivity contribution in [2.45, 2.75) is 18.0 Å². The van der Waals surface area contributed by atoms with E-state index in [1.807, 2.05) is 60.7 Å². The molecule has 0 atom stereocenters. The van der Waals surface area contributed by atoms with Gasteiger partial charge in [-0.25, -0.2) is 17.5 Å². The van der Waals surface area contributed by atoms with Gasteiger partial charge in [-0.1, -0.05) is 60.7 Å². The normalized spacial score (nSPS) is 15.8. The largest absolute Gasteiger partial charge is 0.339 e. The van der Waals surface area contributed by atoms with Crippen molar-refractivity contribution in [2.24, 2.45) is 0 Å². The molecule has 0 fully saturated rings.